The maximum Gasteiger partial charge on any atom is 0.156 e. The summed E-state index contributed by atoms with van der Waals surface area (Å²) in [5.41, 5.74) is 0.274. The van der Waals surface area contributed by atoms with Crippen LogP contribution in [0.5, 0.6) is 0 Å². The van der Waals surface area contributed by atoms with Gasteiger partial charge >= 0.3 is 0 Å². The molecule has 80 valence electrons. The molecule has 0 saturated heterocycles. The molecule has 0 aliphatic carbocycles. The monoisotopic (exact) mass is 225 g/mol. The molecule has 1 unspecified atom stereocenters. The summed E-state index contributed by atoms with van der Waals surface area (Å²) in [7, 11) is 0. The van der Waals surface area contributed by atoms with Crippen LogP contribution in [0.1, 0.15) is 23.1 Å². The number of halogens is 1. The van der Waals surface area contributed by atoms with E-state index in [1.807, 2.05) is 6.92 Å². The molecule has 0 aliphatic rings. The lowest BCUT2D eigenvalue weighted by atomic mass is 10.3. The van der Waals surface area contributed by atoms with E-state index in [1.54, 1.807) is 13.0 Å². The third-order valence-electron chi connectivity index (χ3n) is 1.85. The van der Waals surface area contributed by atoms with E-state index in [0.29, 0.717) is 17.9 Å². The van der Waals surface area contributed by atoms with Gasteiger partial charge in [0.15, 0.2) is 6.29 Å². The lowest BCUT2D eigenvalue weighted by Gasteiger charge is -2.12. The molecule has 5 heteroatoms. The van der Waals surface area contributed by atoms with Crippen molar-refractivity contribution >= 4 is 23.7 Å². The Morgan fingerprint density at radius 3 is 2.73 bits per heavy atom. The molecule has 4 nitrogen and oxygen atoms in total. The number of aromatic nitrogens is 2. The molecule has 1 rings (SSSR count). The second kappa shape index (κ2) is 4.89. The minimum atomic E-state index is 0.00840. The lowest BCUT2D eigenvalue weighted by Crippen LogP contribution is -2.15. The Labute approximate surface area is 93.4 Å². The van der Waals surface area contributed by atoms with Crippen molar-refractivity contribution in [1.29, 1.82) is 0 Å². The molecule has 15 heavy (non-hydrogen) atoms. The summed E-state index contributed by atoms with van der Waals surface area (Å²) >= 11 is 5.81. The third-order valence-corrected chi connectivity index (χ3v) is 2.13. The van der Waals surface area contributed by atoms with Crippen molar-refractivity contribution < 1.29 is 4.79 Å². The van der Waals surface area contributed by atoms with E-state index in [-0.39, 0.29) is 16.8 Å². The summed E-state index contributed by atoms with van der Waals surface area (Å²) in [6.07, 6.45) is 2.35. The van der Waals surface area contributed by atoms with E-state index in [9.17, 15) is 4.79 Å². The van der Waals surface area contributed by atoms with Gasteiger partial charge in [-0.15, -0.1) is 6.58 Å². The maximum atomic E-state index is 10.8. The van der Waals surface area contributed by atoms with Gasteiger partial charge in [0.1, 0.15) is 16.8 Å². The first-order chi connectivity index (χ1) is 7.08. The van der Waals surface area contributed by atoms with Crippen LogP contribution < -0.4 is 5.32 Å². The molecule has 1 atom stereocenters. The molecule has 0 amide bonds. The molecule has 0 aromatic carbocycles. The van der Waals surface area contributed by atoms with Crippen LogP contribution in [-0.2, 0) is 0 Å². The topological polar surface area (TPSA) is 54.9 Å². The van der Waals surface area contributed by atoms with Gasteiger partial charge in [0, 0.05) is 6.04 Å². The van der Waals surface area contributed by atoms with Crippen LogP contribution in [0.3, 0.4) is 0 Å². The number of nitrogens with one attached hydrogen (secondary N) is 1. The predicted octanol–water partition coefficient (Wildman–Crippen LogP) is 2.24. The summed E-state index contributed by atoms with van der Waals surface area (Å²) in [6, 6.07) is 0.00840. The highest BCUT2D eigenvalue weighted by Gasteiger charge is 2.11. The third kappa shape index (κ3) is 2.76. The quantitative estimate of drug-likeness (QED) is 0.485. The molecule has 1 aromatic heterocycles. The van der Waals surface area contributed by atoms with Crippen molar-refractivity contribution in [3.63, 3.8) is 0 Å². The Morgan fingerprint density at radius 1 is 1.53 bits per heavy atom. The Bertz CT molecular complexity index is 392. The number of carbonyl (C=O) groups excluding carboxylic acids is 1. The second-order valence-electron chi connectivity index (χ2n) is 3.11. The van der Waals surface area contributed by atoms with E-state index >= 15 is 0 Å². The van der Waals surface area contributed by atoms with Gasteiger partial charge < -0.3 is 5.32 Å². The molecule has 0 radical (unpaired) electrons. The zero-order valence-electron chi connectivity index (χ0n) is 8.62. The van der Waals surface area contributed by atoms with Gasteiger partial charge in [0.25, 0.3) is 0 Å². The molecule has 1 N–H and O–H groups in total. The summed E-state index contributed by atoms with van der Waals surface area (Å²) in [6.45, 7) is 7.24. The minimum absolute atomic E-state index is 0.00840. The zero-order chi connectivity index (χ0) is 11.4. The smallest absolute Gasteiger partial charge is 0.156 e. The fraction of sp³-hybridized carbons (Fsp3) is 0.300. The van der Waals surface area contributed by atoms with E-state index in [0.717, 1.165) is 0 Å². The number of aldehydes is 1. The van der Waals surface area contributed by atoms with E-state index in [4.69, 9.17) is 11.6 Å². The van der Waals surface area contributed by atoms with Crippen molar-refractivity contribution in [3.8, 4) is 0 Å². The molecule has 1 heterocycles. The van der Waals surface area contributed by atoms with Crippen LogP contribution in [0.2, 0.25) is 5.15 Å². The largest absolute Gasteiger partial charge is 0.363 e. The van der Waals surface area contributed by atoms with Crippen molar-refractivity contribution in [2.45, 2.75) is 19.9 Å². The van der Waals surface area contributed by atoms with Gasteiger partial charge in [0.2, 0.25) is 0 Å². The minimum Gasteiger partial charge on any atom is -0.363 e. The van der Waals surface area contributed by atoms with Crippen molar-refractivity contribution in [3.05, 3.63) is 29.2 Å². The van der Waals surface area contributed by atoms with Gasteiger partial charge in [-0.05, 0) is 13.8 Å². The average molecular weight is 226 g/mol. The molecule has 0 spiro atoms. The van der Waals surface area contributed by atoms with Gasteiger partial charge in [-0.3, -0.25) is 4.79 Å². The molecule has 0 aliphatic heterocycles. The highest BCUT2D eigenvalue weighted by Crippen LogP contribution is 2.19. The standard InChI is InChI=1S/C10H12ClN3O/c1-4-6(2)12-10-8(5-15)9(11)13-7(3)14-10/h4-6H,1H2,2-3H3,(H,12,13,14). The van der Waals surface area contributed by atoms with E-state index in [2.05, 4.69) is 21.9 Å². The highest BCUT2D eigenvalue weighted by molar-refractivity contribution is 6.32. The Hall–Kier alpha value is -1.42. The van der Waals surface area contributed by atoms with Gasteiger partial charge in [-0.1, -0.05) is 17.7 Å². The molecule has 1 aromatic rings. The normalized spacial score (nSPS) is 11.9. The predicted molar refractivity (Wildman–Crippen MR) is 60.4 cm³/mol. The number of aryl methyl sites for hydroxylation is 1. The van der Waals surface area contributed by atoms with Crippen LogP contribution >= 0.6 is 11.6 Å². The Balaban J connectivity index is 3.14. The fourth-order valence-corrected chi connectivity index (χ4v) is 1.29. The number of hydrogen-bond donors (Lipinski definition) is 1. The summed E-state index contributed by atoms with van der Waals surface area (Å²) < 4.78 is 0. The summed E-state index contributed by atoms with van der Waals surface area (Å²) in [4.78, 5) is 18.8. The summed E-state index contributed by atoms with van der Waals surface area (Å²) in [5, 5.41) is 3.17. The molecular formula is C10H12ClN3O. The van der Waals surface area contributed by atoms with Gasteiger partial charge in [-0.25, -0.2) is 9.97 Å². The highest BCUT2D eigenvalue weighted by atomic mass is 35.5. The number of rotatable bonds is 4. The van der Waals surface area contributed by atoms with Crippen molar-refractivity contribution in [2.24, 2.45) is 0 Å². The molecule has 0 saturated carbocycles. The van der Waals surface area contributed by atoms with Crippen LogP contribution in [0.25, 0.3) is 0 Å². The zero-order valence-corrected chi connectivity index (χ0v) is 9.38. The van der Waals surface area contributed by atoms with Crippen molar-refractivity contribution in [1.82, 2.24) is 9.97 Å². The number of carbonyl (C=O) groups is 1. The Morgan fingerprint density at radius 2 is 2.20 bits per heavy atom. The summed E-state index contributed by atoms with van der Waals surface area (Å²) in [5.74, 6) is 0.958. The van der Waals surface area contributed by atoms with Gasteiger partial charge in [-0.2, -0.15) is 0 Å². The number of anilines is 1. The SMILES string of the molecule is C=CC(C)Nc1nc(C)nc(Cl)c1C=O. The van der Waals surface area contributed by atoms with Crippen molar-refractivity contribution in [2.75, 3.05) is 5.32 Å². The Kier molecular flexibility index (Phi) is 3.80. The van der Waals surface area contributed by atoms with Gasteiger partial charge in [0.05, 0.1) is 5.56 Å². The average Bonchev–Trinajstić information content (AvgIpc) is 2.17. The second-order valence-corrected chi connectivity index (χ2v) is 3.47. The lowest BCUT2D eigenvalue weighted by molar-refractivity contribution is 0.112. The van der Waals surface area contributed by atoms with Crippen LogP contribution in [-0.4, -0.2) is 22.3 Å². The van der Waals surface area contributed by atoms with E-state index in [1.165, 1.54) is 0 Å². The maximum absolute atomic E-state index is 10.8. The van der Waals surface area contributed by atoms with Crippen LogP contribution in [0, 0.1) is 6.92 Å². The first-order valence-corrected chi connectivity index (χ1v) is 4.84. The number of nitrogens with zero attached hydrogens (tertiary/aromatic N) is 2. The first-order valence-electron chi connectivity index (χ1n) is 4.47. The molecular weight excluding hydrogens is 214 g/mol. The van der Waals surface area contributed by atoms with Crippen LogP contribution in [0.15, 0.2) is 12.7 Å². The molecule has 0 fully saturated rings. The number of hydrogen-bond acceptors (Lipinski definition) is 4. The first kappa shape index (κ1) is 11.7. The fourth-order valence-electron chi connectivity index (χ4n) is 1.04. The van der Waals surface area contributed by atoms with Crippen LogP contribution in [0.4, 0.5) is 5.82 Å². The molecule has 0 bridgehead atoms. The van der Waals surface area contributed by atoms with E-state index < -0.39 is 0 Å².